The van der Waals surface area contributed by atoms with Gasteiger partial charge in [0.2, 0.25) is 0 Å². The van der Waals surface area contributed by atoms with Crippen LogP contribution in [0, 0.1) is 0 Å². The molecule has 0 aromatic rings. The molecule has 2 saturated carbocycles. The second-order valence-electron chi connectivity index (χ2n) is 5.92. The molecule has 0 bridgehead atoms. The van der Waals surface area contributed by atoms with Crippen LogP contribution in [-0.4, -0.2) is 52.7 Å². The first-order valence-electron chi connectivity index (χ1n) is 6.91. The Morgan fingerprint density at radius 1 is 1.05 bits per heavy atom. The Bertz CT molecular complexity index is 394. The van der Waals surface area contributed by atoms with Gasteiger partial charge < -0.3 is 15.5 Å². The molecular formula is C12H23NO5S. The van der Waals surface area contributed by atoms with Gasteiger partial charge >= 0.3 is 0 Å². The summed E-state index contributed by atoms with van der Waals surface area (Å²) in [7, 11) is -4.31. The van der Waals surface area contributed by atoms with Crippen molar-refractivity contribution in [3.05, 3.63) is 0 Å². The molecule has 0 saturated heterocycles. The fraction of sp³-hybridized carbons (Fsp3) is 1.00. The van der Waals surface area contributed by atoms with Crippen LogP contribution in [0.4, 0.5) is 0 Å². The molecule has 0 aromatic carbocycles. The molecule has 0 aromatic heterocycles. The van der Waals surface area contributed by atoms with Crippen LogP contribution in [-0.2, 0) is 10.1 Å². The van der Waals surface area contributed by atoms with Gasteiger partial charge in [0.25, 0.3) is 10.1 Å². The van der Waals surface area contributed by atoms with Gasteiger partial charge in [-0.15, -0.1) is 0 Å². The molecule has 0 heterocycles. The summed E-state index contributed by atoms with van der Waals surface area (Å²) in [4.78, 5) is 0. The minimum absolute atomic E-state index is 0.0879. The normalized spacial score (nSPS) is 37.6. The number of hydrogen-bond donors (Lipinski definition) is 4. The maximum Gasteiger partial charge on any atom is 0.272 e. The quantitative estimate of drug-likeness (QED) is 0.546. The second kappa shape index (κ2) is 5.65. The Morgan fingerprint density at radius 3 is 2.05 bits per heavy atom. The molecule has 2 aliphatic rings. The highest BCUT2D eigenvalue weighted by Gasteiger charge is 2.52. The first-order chi connectivity index (χ1) is 8.84. The monoisotopic (exact) mass is 293 g/mol. The van der Waals surface area contributed by atoms with Crippen LogP contribution in [0.25, 0.3) is 0 Å². The first kappa shape index (κ1) is 15.2. The number of aliphatic hydroxyl groups excluding tert-OH is 2. The SMILES string of the molecule is O=S(=O)(O)C1(CNC2CCCCC2)CC(O)C(O)C1. The number of hydrogen-bond acceptors (Lipinski definition) is 5. The van der Waals surface area contributed by atoms with Crippen molar-refractivity contribution in [2.75, 3.05) is 6.54 Å². The van der Waals surface area contributed by atoms with E-state index in [1.54, 1.807) is 0 Å². The molecule has 2 unspecified atom stereocenters. The van der Waals surface area contributed by atoms with Crippen molar-refractivity contribution < 1.29 is 23.2 Å². The van der Waals surface area contributed by atoms with E-state index >= 15 is 0 Å². The number of aliphatic hydroxyl groups is 2. The lowest BCUT2D eigenvalue weighted by Gasteiger charge is -2.30. The van der Waals surface area contributed by atoms with Gasteiger partial charge in [-0.25, -0.2) is 0 Å². The van der Waals surface area contributed by atoms with Crippen molar-refractivity contribution in [3.8, 4) is 0 Å². The van der Waals surface area contributed by atoms with E-state index < -0.39 is 27.1 Å². The molecule has 2 fully saturated rings. The van der Waals surface area contributed by atoms with E-state index in [0.29, 0.717) is 0 Å². The Hall–Kier alpha value is -0.210. The molecule has 7 heteroatoms. The molecule has 2 aliphatic carbocycles. The molecule has 0 amide bonds. The average molecular weight is 293 g/mol. The lowest BCUT2D eigenvalue weighted by molar-refractivity contribution is 0.0438. The van der Waals surface area contributed by atoms with Crippen LogP contribution in [0.1, 0.15) is 44.9 Å². The van der Waals surface area contributed by atoms with Crippen molar-refractivity contribution >= 4 is 10.1 Å². The van der Waals surface area contributed by atoms with Crippen molar-refractivity contribution in [1.29, 1.82) is 0 Å². The minimum Gasteiger partial charge on any atom is -0.390 e. The van der Waals surface area contributed by atoms with Crippen LogP contribution in [0.5, 0.6) is 0 Å². The third-order valence-electron chi connectivity index (χ3n) is 4.47. The molecule has 2 rings (SSSR count). The molecule has 0 spiro atoms. The summed E-state index contributed by atoms with van der Waals surface area (Å²) in [5.41, 5.74) is 0. The third kappa shape index (κ3) is 3.28. The molecule has 112 valence electrons. The zero-order valence-electron chi connectivity index (χ0n) is 11.0. The van der Waals surface area contributed by atoms with Gasteiger partial charge in [0.1, 0.15) is 4.75 Å². The predicted octanol–water partition coefficient (Wildman–Crippen LogP) is 0.0509. The van der Waals surface area contributed by atoms with E-state index in [4.69, 9.17) is 0 Å². The summed E-state index contributed by atoms with van der Waals surface area (Å²) in [6.07, 6.45) is 3.06. The van der Waals surface area contributed by atoms with Crippen molar-refractivity contribution in [3.63, 3.8) is 0 Å². The van der Waals surface area contributed by atoms with E-state index in [9.17, 15) is 23.2 Å². The highest BCUT2D eigenvalue weighted by atomic mass is 32.2. The number of rotatable bonds is 4. The molecule has 2 atom stereocenters. The van der Waals surface area contributed by atoms with Crippen molar-refractivity contribution in [1.82, 2.24) is 5.32 Å². The Labute approximate surface area is 114 Å². The summed E-state index contributed by atoms with van der Waals surface area (Å²) in [6, 6.07) is 0.266. The lowest BCUT2D eigenvalue weighted by atomic mass is 9.95. The van der Waals surface area contributed by atoms with Crippen LogP contribution in [0.2, 0.25) is 0 Å². The first-order valence-corrected chi connectivity index (χ1v) is 8.35. The van der Waals surface area contributed by atoms with E-state index in [1.807, 2.05) is 0 Å². The summed E-state index contributed by atoms with van der Waals surface area (Å²) >= 11 is 0. The average Bonchev–Trinajstić information content (AvgIpc) is 2.65. The van der Waals surface area contributed by atoms with Gasteiger partial charge in [-0.05, 0) is 25.7 Å². The molecule has 19 heavy (non-hydrogen) atoms. The predicted molar refractivity (Wildman–Crippen MR) is 70.4 cm³/mol. The standard InChI is InChI=1S/C12H23NO5S/c14-10-6-12(7-11(10)15,19(16,17)18)8-13-9-4-2-1-3-5-9/h9-11,13-15H,1-8H2,(H,16,17,18). The summed E-state index contributed by atoms with van der Waals surface area (Å²) in [6.45, 7) is 0.0879. The fourth-order valence-electron chi connectivity index (χ4n) is 3.20. The van der Waals surface area contributed by atoms with E-state index in [0.717, 1.165) is 25.7 Å². The van der Waals surface area contributed by atoms with Crippen molar-refractivity contribution in [2.45, 2.75) is 67.9 Å². The van der Waals surface area contributed by atoms with Crippen LogP contribution in [0.15, 0.2) is 0 Å². The van der Waals surface area contributed by atoms with Crippen LogP contribution in [0.3, 0.4) is 0 Å². The van der Waals surface area contributed by atoms with Crippen LogP contribution >= 0.6 is 0 Å². The van der Waals surface area contributed by atoms with Crippen LogP contribution < -0.4 is 5.32 Å². The van der Waals surface area contributed by atoms with Gasteiger partial charge in [-0.2, -0.15) is 8.42 Å². The van der Waals surface area contributed by atoms with Gasteiger partial charge in [0.15, 0.2) is 0 Å². The Balaban J connectivity index is 2.03. The van der Waals surface area contributed by atoms with E-state index in [1.165, 1.54) is 6.42 Å². The topological polar surface area (TPSA) is 107 Å². The van der Waals surface area contributed by atoms with Gasteiger partial charge in [-0.1, -0.05) is 19.3 Å². The van der Waals surface area contributed by atoms with E-state index in [-0.39, 0.29) is 25.4 Å². The summed E-state index contributed by atoms with van der Waals surface area (Å²) < 4.78 is 31.2. The zero-order chi connectivity index (χ0) is 14.1. The van der Waals surface area contributed by atoms with Gasteiger partial charge in [-0.3, -0.25) is 4.55 Å². The minimum atomic E-state index is -4.31. The van der Waals surface area contributed by atoms with E-state index in [2.05, 4.69) is 5.32 Å². The third-order valence-corrected chi connectivity index (χ3v) is 6.04. The largest absolute Gasteiger partial charge is 0.390 e. The Morgan fingerprint density at radius 2 is 1.58 bits per heavy atom. The second-order valence-corrected chi connectivity index (χ2v) is 7.73. The summed E-state index contributed by atoms with van der Waals surface area (Å²) in [5.74, 6) is 0. The van der Waals surface area contributed by atoms with Gasteiger partial charge in [0, 0.05) is 12.6 Å². The summed E-state index contributed by atoms with van der Waals surface area (Å²) in [5, 5.41) is 22.4. The maximum absolute atomic E-state index is 11.6. The number of nitrogens with one attached hydrogen (secondary N) is 1. The molecule has 4 N–H and O–H groups in total. The molecular weight excluding hydrogens is 270 g/mol. The Kier molecular flexibility index (Phi) is 4.52. The smallest absolute Gasteiger partial charge is 0.272 e. The maximum atomic E-state index is 11.6. The van der Waals surface area contributed by atoms with Gasteiger partial charge in [0.05, 0.1) is 12.2 Å². The highest BCUT2D eigenvalue weighted by molar-refractivity contribution is 7.87. The highest BCUT2D eigenvalue weighted by Crippen LogP contribution is 2.36. The lowest BCUT2D eigenvalue weighted by Crippen LogP contribution is -2.49. The molecule has 0 aliphatic heterocycles. The van der Waals surface area contributed by atoms with Crippen molar-refractivity contribution in [2.24, 2.45) is 0 Å². The molecule has 0 radical (unpaired) electrons. The fourth-order valence-corrected chi connectivity index (χ4v) is 4.23. The molecule has 6 nitrogen and oxygen atoms in total. The zero-order valence-corrected chi connectivity index (χ0v) is 11.8.